The first-order valence-electron chi connectivity index (χ1n) is 9.21. The molecule has 0 aliphatic carbocycles. The third-order valence-electron chi connectivity index (χ3n) is 4.59. The molecule has 0 aliphatic heterocycles. The number of para-hydroxylation sites is 1. The molecule has 1 unspecified atom stereocenters. The van der Waals surface area contributed by atoms with Crippen molar-refractivity contribution in [3.63, 3.8) is 0 Å². The van der Waals surface area contributed by atoms with Gasteiger partial charge in [-0.2, -0.15) is 0 Å². The average molecular weight is 408 g/mol. The van der Waals surface area contributed by atoms with Gasteiger partial charge in [-0.25, -0.2) is 15.0 Å². The number of nitrogens with zero attached hydrogens (tertiary/aromatic N) is 3. The Morgan fingerprint density at radius 3 is 2.97 bits per heavy atom. The number of hydrogen-bond donors (Lipinski definition) is 4. The van der Waals surface area contributed by atoms with E-state index in [1.54, 1.807) is 25.5 Å². The molecule has 1 atom stereocenters. The van der Waals surface area contributed by atoms with E-state index in [-0.39, 0.29) is 11.9 Å². The van der Waals surface area contributed by atoms with Gasteiger partial charge in [-0.15, -0.1) is 11.3 Å². The molecule has 29 heavy (non-hydrogen) atoms. The highest BCUT2D eigenvalue weighted by molar-refractivity contribution is 7.16. The number of carbonyl (C=O) groups is 1. The van der Waals surface area contributed by atoms with Crippen LogP contribution in [0.3, 0.4) is 0 Å². The van der Waals surface area contributed by atoms with E-state index in [0.29, 0.717) is 34.5 Å². The second-order valence-electron chi connectivity index (χ2n) is 6.51. The van der Waals surface area contributed by atoms with Gasteiger partial charge in [0, 0.05) is 42.9 Å². The topological polar surface area (TPSA) is 122 Å². The number of aromatic amines is 1. The minimum absolute atomic E-state index is 0.179. The largest absolute Gasteiger partial charge is 0.361 e. The number of benzene rings is 1. The molecule has 3 aromatic heterocycles. The molecule has 4 aromatic rings. The highest BCUT2D eigenvalue weighted by Gasteiger charge is 2.18. The number of hydrogen-bond acceptors (Lipinski definition) is 7. The lowest BCUT2D eigenvalue weighted by Gasteiger charge is -2.15. The van der Waals surface area contributed by atoms with Crippen molar-refractivity contribution in [2.24, 2.45) is 5.73 Å². The second-order valence-corrected chi connectivity index (χ2v) is 7.55. The summed E-state index contributed by atoms with van der Waals surface area (Å²) in [7, 11) is 1.75. The van der Waals surface area contributed by atoms with Crippen molar-refractivity contribution in [2.45, 2.75) is 12.5 Å². The van der Waals surface area contributed by atoms with Crippen molar-refractivity contribution < 1.29 is 4.79 Å². The molecule has 148 valence electrons. The van der Waals surface area contributed by atoms with E-state index >= 15 is 0 Å². The molecule has 0 radical (unpaired) electrons. The maximum Gasteiger partial charge on any atom is 0.263 e. The summed E-state index contributed by atoms with van der Waals surface area (Å²) >= 11 is 1.29. The van der Waals surface area contributed by atoms with Crippen LogP contribution in [0.4, 0.5) is 5.95 Å². The first-order chi connectivity index (χ1) is 14.2. The van der Waals surface area contributed by atoms with Gasteiger partial charge < -0.3 is 21.4 Å². The molecule has 8 nitrogen and oxygen atoms in total. The third kappa shape index (κ3) is 4.10. The summed E-state index contributed by atoms with van der Waals surface area (Å²) in [5.41, 5.74) is 8.79. The molecule has 1 amide bonds. The monoisotopic (exact) mass is 407 g/mol. The fourth-order valence-corrected chi connectivity index (χ4v) is 3.90. The number of anilines is 1. The second kappa shape index (κ2) is 8.38. The number of thiazole rings is 1. The summed E-state index contributed by atoms with van der Waals surface area (Å²) in [6, 6.07) is 9.67. The van der Waals surface area contributed by atoms with Crippen LogP contribution in [-0.2, 0) is 6.42 Å². The molecule has 0 bridgehead atoms. The zero-order chi connectivity index (χ0) is 20.2. The predicted octanol–water partition coefficient (Wildman–Crippen LogP) is 2.42. The zero-order valence-corrected chi connectivity index (χ0v) is 16.7. The Morgan fingerprint density at radius 2 is 2.14 bits per heavy atom. The number of amides is 1. The van der Waals surface area contributed by atoms with Gasteiger partial charge in [0.1, 0.15) is 15.6 Å². The summed E-state index contributed by atoms with van der Waals surface area (Å²) in [5.74, 6) is 0.317. The van der Waals surface area contributed by atoms with Crippen LogP contribution in [0.5, 0.6) is 0 Å². The molecule has 4 rings (SSSR count). The van der Waals surface area contributed by atoms with E-state index in [4.69, 9.17) is 5.73 Å². The summed E-state index contributed by atoms with van der Waals surface area (Å²) in [5, 5.41) is 7.72. The first-order valence-corrected chi connectivity index (χ1v) is 10.0. The fourth-order valence-electron chi connectivity index (χ4n) is 3.11. The molecule has 0 fully saturated rings. The maximum absolute atomic E-state index is 12.7. The lowest BCUT2D eigenvalue weighted by atomic mass is 10.0. The molecule has 3 heterocycles. The van der Waals surface area contributed by atoms with Crippen LogP contribution in [0.2, 0.25) is 0 Å². The van der Waals surface area contributed by atoms with Gasteiger partial charge in [0.2, 0.25) is 5.95 Å². The van der Waals surface area contributed by atoms with Crippen molar-refractivity contribution in [3.05, 3.63) is 59.4 Å². The summed E-state index contributed by atoms with van der Waals surface area (Å²) in [6.45, 7) is 0.342. The van der Waals surface area contributed by atoms with Gasteiger partial charge in [-0.3, -0.25) is 4.79 Å². The molecule has 9 heteroatoms. The van der Waals surface area contributed by atoms with Crippen molar-refractivity contribution in [1.82, 2.24) is 25.3 Å². The molecular weight excluding hydrogens is 386 g/mol. The Balaban J connectivity index is 1.47. The molecule has 0 saturated carbocycles. The van der Waals surface area contributed by atoms with Gasteiger partial charge in [0.15, 0.2) is 0 Å². The highest BCUT2D eigenvalue weighted by Crippen LogP contribution is 2.24. The van der Waals surface area contributed by atoms with Crippen LogP contribution in [-0.4, -0.2) is 45.5 Å². The number of carbonyl (C=O) groups excluding carboxylic acids is 1. The molecule has 1 aromatic carbocycles. The quantitative estimate of drug-likeness (QED) is 0.373. The van der Waals surface area contributed by atoms with Gasteiger partial charge in [0.05, 0.1) is 6.20 Å². The first kappa shape index (κ1) is 19.0. The van der Waals surface area contributed by atoms with Crippen LogP contribution >= 0.6 is 11.3 Å². The average Bonchev–Trinajstić information content (AvgIpc) is 3.41. The maximum atomic E-state index is 12.7. The zero-order valence-electron chi connectivity index (χ0n) is 15.8. The highest BCUT2D eigenvalue weighted by atomic mass is 32.1. The SMILES string of the molecule is CNc1nccc(-c2ncc(C(=O)NC(CN)Cc3c[nH]c4ccccc34)s2)n1. The standard InChI is InChI=1S/C20H21N7OS/c1-22-20-23-7-6-16(27-20)19-25-11-17(29-19)18(28)26-13(9-21)8-12-10-24-15-5-3-2-4-14(12)15/h2-7,10-11,13,24H,8-9,21H2,1H3,(H,26,28)(H,22,23,27). The predicted molar refractivity (Wildman–Crippen MR) is 115 cm³/mol. The van der Waals surface area contributed by atoms with E-state index in [0.717, 1.165) is 16.5 Å². The van der Waals surface area contributed by atoms with E-state index in [9.17, 15) is 4.79 Å². The van der Waals surface area contributed by atoms with E-state index in [2.05, 4.69) is 36.6 Å². The molecule has 0 saturated heterocycles. The Bertz CT molecular complexity index is 1140. The Morgan fingerprint density at radius 1 is 1.28 bits per heavy atom. The van der Waals surface area contributed by atoms with E-state index < -0.39 is 0 Å². The summed E-state index contributed by atoms with van der Waals surface area (Å²) in [6.07, 6.45) is 5.84. The van der Waals surface area contributed by atoms with Gasteiger partial charge in [0.25, 0.3) is 5.91 Å². The molecule has 0 aliphatic rings. The normalized spacial score (nSPS) is 12.1. The minimum atomic E-state index is -0.188. The van der Waals surface area contributed by atoms with Crippen molar-refractivity contribution in [3.8, 4) is 10.7 Å². The number of fused-ring (bicyclic) bond motifs is 1. The molecular formula is C20H21N7OS. The lowest BCUT2D eigenvalue weighted by Crippen LogP contribution is -2.41. The summed E-state index contributed by atoms with van der Waals surface area (Å²) < 4.78 is 0. The Labute approximate surface area is 171 Å². The van der Waals surface area contributed by atoms with E-state index in [1.807, 2.05) is 24.4 Å². The van der Waals surface area contributed by atoms with Crippen LogP contribution in [0.1, 0.15) is 15.2 Å². The third-order valence-corrected chi connectivity index (χ3v) is 5.61. The lowest BCUT2D eigenvalue weighted by molar-refractivity contribution is 0.0942. The van der Waals surface area contributed by atoms with Gasteiger partial charge >= 0.3 is 0 Å². The number of nitrogens with one attached hydrogen (secondary N) is 3. The Hall–Kier alpha value is -3.30. The van der Waals surface area contributed by atoms with Gasteiger partial charge in [-0.1, -0.05) is 18.2 Å². The minimum Gasteiger partial charge on any atom is -0.361 e. The number of rotatable bonds is 7. The van der Waals surface area contributed by atoms with Crippen LogP contribution < -0.4 is 16.4 Å². The summed E-state index contributed by atoms with van der Waals surface area (Å²) in [4.78, 5) is 29.3. The number of aromatic nitrogens is 4. The van der Waals surface area contributed by atoms with Crippen LogP contribution in [0, 0.1) is 0 Å². The van der Waals surface area contributed by atoms with Crippen molar-refractivity contribution >= 4 is 34.1 Å². The van der Waals surface area contributed by atoms with Crippen molar-refractivity contribution in [1.29, 1.82) is 0 Å². The van der Waals surface area contributed by atoms with Gasteiger partial charge in [-0.05, 0) is 24.1 Å². The molecule has 5 N–H and O–H groups in total. The number of nitrogens with two attached hydrogens (primary N) is 1. The fraction of sp³-hybridized carbons (Fsp3) is 0.200. The number of H-pyrrole nitrogens is 1. The van der Waals surface area contributed by atoms with E-state index in [1.165, 1.54) is 11.3 Å². The van der Waals surface area contributed by atoms with Crippen molar-refractivity contribution in [2.75, 3.05) is 18.9 Å². The molecule has 0 spiro atoms. The smallest absolute Gasteiger partial charge is 0.263 e. The Kier molecular flexibility index (Phi) is 5.50. The van der Waals surface area contributed by atoms with Crippen LogP contribution in [0.15, 0.2) is 48.9 Å². The van der Waals surface area contributed by atoms with Crippen LogP contribution in [0.25, 0.3) is 21.6 Å².